The molecule has 0 radical (unpaired) electrons. The Morgan fingerprint density at radius 1 is 1.14 bits per heavy atom. The number of amides is 1. The fourth-order valence-corrected chi connectivity index (χ4v) is 2.27. The Kier molecular flexibility index (Phi) is 3.96. The summed E-state index contributed by atoms with van der Waals surface area (Å²) >= 11 is 1.95. The van der Waals surface area contributed by atoms with Gasteiger partial charge in [0, 0.05) is 41.2 Å². The molecule has 106 valence electrons. The predicted octanol–water partition coefficient (Wildman–Crippen LogP) is 3.25. The highest BCUT2D eigenvalue weighted by atomic mass is 127. The minimum absolute atomic E-state index is 0.0647. The van der Waals surface area contributed by atoms with E-state index in [0.717, 1.165) is 29.5 Å². The number of anilines is 1. The second-order valence-electron chi connectivity index (χ2n) is 5.00. The van der Waals surface area contributed by atoms with Gasteiger partial charge >= 0.3 is 0 Å². The molecule has 3 rings (SSSR count). The van der Waals surface area contributed by atoms with Crippen LogP contribution in [0.2, 0.25) is 0 Å². The first-order valence-corrected chi connectivity index (χ1v) is 7.67. The van der Waals surface area contributed by atoms with Gasteiger partial charge in [0.2, 0.25) is 5.91 Å². The van der Waals surface area contributed by atoms with Crippen LogP contribution in [0.5, 0.6) is 0 Å². The first-order valence-electron chi connectivity index (χ1n) is 6.59. The van der Waals surface area contributed by atoms with Gasteiger partial charge in [0.05, 0.1) is 11.9 Å². The molecule has 2 aromatic rings. The number of nitrogens with zero attached hydrogens (tertiary/aromatic N) is 2. The Morgan fingerprint density at radius 2 is 1.81 bits per heavy atom. The third-order valence-electron chi connectivity index (χ3n) is 3.28. The molecule has 1 fully saturated rings. The lowest BCUT2D eigenvalue weighted by Gasteiger charge is -2.07. The molecule has 2 heterocycles. The minimum Gasteiger partial charge on any atom is -0.324 e. The van der Waals surface area contributed by atoms with Crippen LogP contribution in [0.15, 0.2) is 36.9 Å². The summed E-state index contributed by atoms with van der Waals surface area (Å²) in [5.74, 6) is 0.230. The second-order valence-corrected chi connectivity index (χ2v) is 6.08. The molecule has 1 amide bonds. The summed E-state index contributed by atoms with van der Waals surface area (Å²) < 4.78 is 0.438. The fraction of sp³-hybridized carbons (Fsp3) is 0.200. The van der Waals surface area contributed by atoms with E-state index in [4.69, 9.17) is 5.41 Å². The molecular formula is C15H13IN4O. The molecule has 1 aliphatic carbocycles. The van der Waals surface area contributed by atoms with Gasteiger partial charge in [-0.2, -0.15) is 0 Å². The molecule has 2 aromatic heterocycles. The van der Waals surface area contributed by atoms with Crippen molar-refractivity contribution in [2.45, 2.75) is 12.8 Å². The van der Waals surface area contributed by atoms with Crippen molar-refractivity contribution < 1.29 is 4.79 Å². The number of carbonyl (C=O) groups excluding carboxylic acids is 1. The lowest BCUT2D eigenvalue weighted by molar-refractivity contribution is -0.117. The molecule has 0 unspecified atom stereocenters. The van der Waals surface area contributed by atoms with E-state index in [0.29, 0.717) is 9.41 Å². The first-order chi connectivity index (χ1) is 10.1. The van der Waals surface area contributed by atoms with E-state index in [1.807, 2.05) is 34.7 Å². The van der Waals surface area contributed by atoms with E-state index in [9.17, 15) is 4.79 Å². The SMILES string of the molecule is N=C(I)c1cncc(-c2cncc(NC(=O)C3CC3)c2)c1. The van der Waals surface area contributed by atoms with Gasteiger partial charge in [-0.25, -0.2) is 0 Å². The van der Waals surface area contributed by atoms with Crippen molar-refractivity contribution in [3.8, 4) is 11.1 Å². The quantitative estimate of drug-likeness (QED) is 0.620. The molecule has 2 N–H and O–H groups in total. The largest absolute Gasteiger partial charge is 0.324 e. The van der Waals surface area contributed by atoms with Gasteiger partial charge in [-0.1, -0.05) is 0 Å². The van der Waals surface area contributed by atoms with E-state index in [2.05, 4.69) is 15.3 Å². The van der Waals surface area contributed by atoms with Gasteiger partial charge in [0.25, 0.3) is 0 Å². The van der Waals surface area contributed by atoms with E-state index >= 15 is 0 Å². The smallest absolute Gasteiger partial charge is 0.227 e. The predicted molar refractivity (Wildman–Crippen MR) is 89.7 cm³/mol. The molecule has 0 bridgehead atoms. The third kappa shape index (κ3) is 3.44. The molecule has 6 heteroatoms. The van der Waals surface area contributed by atoms with Gasteiger partial charge < -0.3 is 5.32 Å². The van der Waals surface area contributed by atoms with Gasteiger partial charge in [0.1, 0.15) is 3.72 Å². The normalized spacial score (nSPS) is 13.8. The molecule has 0 saturated heterocycles. The summed E-state index contributed by atoms with van der Waals surface area (Å²) in [6.07, 6.45) is 8.70. The molecule has 1 saturated carbocycles. The number of carbonyl (C=O) groups is 1. The first kappa shape index (κ1) is 14.1. The van der Waals surface area contributed by atoms with Crippen LogP contribution in [0.4, 0.5) is 5.69 Å². The Morgan fingerprint density at radius 3 is 2.48 bits per heavy atom. The van der Waals surface area contributed by atoms with Crippen molar-refractivity contribution >= 4 is 37.9 Å². The highest BCUT2D eigenvalue weighted by Gasteiger charge is 2.29. The number of halogens is 1. The van der Waals surface area contributed by atoms with Crippen LogP contribution in [0, 0.1) is 11.3 Å². The van der Waals surface area contributed by atoms with Gasteiger partial charge in [-0.3, -0.25) is 20.2 Å². The van der Waals surface area contributed by atoms with Crippen LogP contribution in [-0.4, -0.2) is 19.6 Å². The lowest BCUT2D eigenvalue weighted by atomic mass is 10.1. The average Bonchev–Trinajstić information content (AvgIpc) is 3.32. The van der Waals surface area contributed by atoms with Crippen LogP contribution >= 0.6 is 22.6 Å². The van der Waals surface area contributed by atoms with Crippen LogP contribution in [0.1, 0.15) is 18.4 Å². The molecule has 1 aliphatic rings. The number of rotatable bonds is 4. The topological polar surface area (TPSA) is 78.7 Å². The molecule has 0 spiro atoms. The summed E-state index contributed by atoms with van der Waals surface area (Å²) in [6, 6.07) is 3.77. The standard InChI is InChI=1S/C15H13IN4O/c16-14(17)12-3-10(5-18-7-12)11-4-13(8-19-6-11)20-15(21)9-1-2-9/h3-9,17H,1-2H2,(H,20,21). The zero-order valence-corrected chi connectivity index (χ0v) is 13.3. The van der Waals surface area contributed by atoms with E-state index < -0.39 is 0 Å². The summed E-state index contributed by atoms with van der Waals surface area (Å²) in [5.41, 5.74) is 3.21. The molecule has 5 nitrogen and oxygen atoms in total. The van der Waals surface area contributed by atoms with Gasteiger partial charge in [0.15, 0.2) is 0 Å². The summed E-state index contributed by atoms with van der Waals surface area (Å²) in [7, 11) is 0. The number of hydrogen-bond acceptors (Lipinski definition) is 4. The number of pyridine rings is 2. The van der Waals surface area contributed by atoms with Crippen LogP contribution in [0.25, 0.3) is 11.1 Å². The molecule has 0 aliphatic heterocycles. The number of nitrogens with one attached hydrogen (secondary N) is 2. The van der Waals surface area contributed by atoms with Gasteiger partial charge in [-0.15, -0.1) is 0 Å². The molecular weight excluding hydrogens is 379 g/mol. The average molecular weight is 392 g/mol. The second kappa shape index (κ2) is 5.88. The Bertz CT molecular complexity index is 712. The Balaban J connectivity index is 1.86. The van der Waals surface area contributed by atoms with E-state index in [1.54, 1.807) is 24.8 Å². The Hall–Kier alpha value is -1.83. The van der Waals surface area contributed by atoms with Crippen molar-refractivity contribution in [2.24, 2.45) is 5.92 Å². The maximum absolute atomic E-state index is 11.8. The lowest BCUT2D eigenvalue weighted by Crippen LogP contribution is -2.13. The van der Waals surface area contributed by atoms with Crippen LogP contribution in [0.3, 0.4) is 0 Å². The van der Waals surface area contributed by atoms with E-state index in [1.165, 1.54) is 0 Å². The maximum atomic E-state index is 11.8. The van der Waals surface area contributed by atoms with Crippen molar-refractivity contribution in [3.63, 3.8) is 0 Å². The highest BCUT2D eigenvalue weighted by molar-refractivity contribution is 14.1. The summed E-state index contributed by atoms with van der Waals surface area (Å²) in [4.78, 5) is 20.1. The molecule has 0 aromatic carbocycles. The zero-order valence-electron chi connectivity index (χ0n) is 11.1. The van der Waals surface area contributed by atoms with E-state index in [-0.39, 0.29) is 11.8 Å². The zero-order chi connectivity index (χ0) is 14.8. The molecule has 0 atom stereocenters. The van der Waals surface area contributed by atoms with Crippen molar-refractivity contribution in [3.05, 3.63) is 42.5 Å². The molecule has 21 heavy (non-hydrogen) atoms. The number of hydrogen-bond donors (Lipinski definition) is 2. The van der Waals surface area contributed by atoms with Crippen LogP contribution in [-0.2, 0) is 4.79 Å². The monoisotopic (exact) mass is 392 g/mol. The van der Waals surface area contributed by atoms with Crippen LogP contribution < -0.4 is 5.32 Å². The van der Waals surface area contributed by atoms with Gasteiger partial charge in [-0.05, 0) is 47.6 Å². The van der Waals surface area contributed by atoms with Crippen molar-refractivity contribution in [1.29, 1.82) is 5.41 Å². The number of aromatic nitrogens is 2. The summed E-state index contributed by atoms with van der Waals surface area (Å²) in [6.45, 7) is 0. The summed E-state index contributed by atoms with van der Waals surface area (Å²) in [5, 5.41) is 10.5. The Labute approximate surface area is 135 Å². The third-order valence-corrected chi connectivity index (χ3v) is 3.90. The van der Waals surface area contributed by atoms with Crippen molar-refractivity contribution in [1.82, 2.24) is 9.97 Å². The minimum atomic E-state index is 0.0647. The maximum Gasteiger partial charge on any atom is 0.227 e. The fourth-order valence-electron chi connectivity index (χ4n) is 1.97. The highest BCUT2D eigenvalue weighted by Crippen LogP contribution is 2.30. The van der Waals surface area contributed by atoms with Crippen molar-refractivity contribution in [2.75, 3.05) is 5.32 Å².